The lowest BCUT2D eigenvalue weighted by atomic mass is 9.95. The number of ether oxygens (including phenoxy) is 1. The average Bonchev–Trinajstić information content (AvgIpc) is 2.62. The maximum Gasteiger partial charge on any atom is 0.471 e. The van der Waals surface area contributed by atoms with Gasteiger partial charge in [-0.25, -0.2) is 0 Å². The Hall–Kier alpha value is -0.780. The highest BCUT2D eigenvalue weighted by molar-refractivity contribution is 5.82. The van der Waals surface area contributed by atoms with Crippen molar-refractivity contribution in [3.8, 4) is 0 Å². The molecule has 3 unspecified atom stereocenters. The highest BCUT2D eigenvalue weighted by Gasteiger charge is 2.46. The van der Waals surface area contributed by atoms with Gasteiger partial charge in [0.25, 0.3) is 0 Å². The van der Waals surface area contributed by atoms with E-state index in [1.54, 1.807) is 0 Å². The molecule has 0 spiro atoms. The van der Waals surface area contributed by atoms with Crippen LogP contribution in [0.25, 0.3) is 0 Å². The number of nitrogens with one attached hydrogen (secondary N) is 1. The predicted molar refractivity (Wildman–Crippen MR) is 40.5 cm³/mol. The van der Waals surface area contributed by atoms with E-state index < -0.39 is 18.1 Å². The zero-order chi connectivity index (χ0) is 10.3. The van der Waals surface area contributed by atoms with E-state index in [0.29, 0.717) is 6.42 Å². The van der Waals surface area contributed by atoms with Crippen LogP contribution in [-0.4, -0.2) is 30.3 Å². The van der Waals surface area contributed by atoms with Crippen LogP contribution in [0.4, 0.5) is 13.2 Å². The van der Waals surface area contributed by atoms with Gasteiger partial charge in [-0.1, -0.05) is 0 Å². The van der Waals surface area contributed by atoms with E-state index in [-0.39, 0.29) is 12.2 Å². The van der Waals surface area contributed by atoms with Gasteiger partial charge < -0.3 is 10.1 Å². The SMILES string of the molecule is O=C(NC1CC2CCC1O2)C(F)(F)F. The van der Waals surface area contributed by atoms with Crippen molar-refractivity contribution < 1.29 is 22.7 Å². The minimum atomic E-state index is -4.79. The molecule has 2 saturated heterocycles. The Bertz CT molecular complexity index is 253. The van der Waals surface area contributed by atoms with E-state index in [1.807, 2.05) is 5.32 Å². The van der Waals surface area contributed by atoms with Gasteiger partial charge in [0.15, 0.2) is 0 Å². The topological polar surface area (TPSA) is 38.3 Å². The molecule has 6 heteroatoms. The van der Waals surface area contributed by atoms with Gasteiger partial charge in [0.2, 0.25) is 0 Å². The number of hydrogen-bond donors (Lipinski definition) is 1. The lowest BCUT2D eigenvalue weighted by molar-refractivity contribution is -0.174. The van der Waals surface area contributed by atoms with Gasteiger partial charge in [-0.05, 0) is 19.3 Å². The molecule has 0 aromatic rings. The molecule has 0 aromatic carbocycles. The smallest absolute Gasteiger partial charge is 0.373 e. The molecular weight excluding hydrogens is 199 g/mol. The summed E-state index contributed by atoms with van der Waals surface area (Å²) >= 11 is 0. The van der Waals surface area contributed by atoms with Crippen molar-refractivity contribution in [2.45, 2.75) is 43.7 Å². The number of hydrogen-bond acceptors (Lipinski definition) is 2. The molecule has 2 aliphatic rings. The second-order valence-corrected chi connectivity index (χ2v) is 3.69. The van der Waals surface area contributed by atoms with Crippen molar-refractivity contribution in [3.05, 3.63) is 0 Å². The summed E-state index contributed by atoms with van der Waals surface area (Å²) in [6.45, 7) is 0. The van der Waals surface area contributed by atoms with E-state index in [1.165, 1.54) is 0 Å². The molecule has 0 aromatic heterocycles. The Morgan fingerprint density at radius 1 is 1.36 bits per heavy atom. The highest BCUT2D eigenvalue weighted by atomic mass is 19.4. The number of amides is 1. The first-order valence-corrected chi connectivity index (χ1v) is 4.50. The van der Waals surface area contributed by atoms with Crippen molar-refractivity contribution >= 4 is 5.91 Å². The fourth-order valence-corrected chi connectivity index (χ4v) is 2.04. The van der Waals surface area contributed by atoms with E-state index in [0.717, 1.165) is 12.8 Å². The Morgan fingerprint density at radius 3 is 2.50 bits per heavy atom. The minimum Gasteiger partial charge on any atom is -0.373 e. The van der Waals surface area contributed by atoms with Crippen LogP contribution >= 0.6 is 0 Å². The Labute approximate surface area is 78.6 Å². The molecule has 0 aliphatic carbocycles. The van der Waals surface area contributed by atoms with Crippen LogP contribution in [0.2, 0.25) is 0 Å². The van der Waals surface area contributed by atoms with Crippen molar-refractivity contribution in [3.63, 3.8) is 0 Å². The van der Waals surface area contributed by atoms with Crippen LogP contribution in [0, 0.1) is 0 Å². The molecule has 2 rings (SSSR count). The first-order chi connectivity index (χ1) is 6.47. The molecule has 14 heavy (non-hydrogen) atoms. The number of rotatable bonds is 1. The van der Waals surface area contributed by atoms with Crippen LogP contribution in [0.15, 0.2) is 0 Å². The molecule has 0 radical (unpaired) electrons. The third kappa shape index (κ3) is 1.70. The van der Waals surface area contributed by atoms with Crippen LogP contribution in [0.3, 0.4) is 0 Å². The van der Waals surface area contributed by atoms with Crippen LogP contribution < -0.4 is 5.32 Å². The molecule has 3 nitrogen and oxygen atoms in total. The molecule has 2 aliphatic heterocycles. The van der Waals surface area contributed by atoms with Crippen LogP contribution in [0.1, 0.15) is 19.3 Å². The molecule has 0 saturated carbocycles. The predicted octanol–water partition coefficient (Wildman–Crippen LogP) is 0.985. The van der Waals surface area contributed by atoms with Gasteiger partial charge in [0.05, 0.1) is 18.2 Å². The largest absolute Gasteiger partial charge is 0.471 e. The number of alkyl halides is 3. The summed E-state index contributed by atoms with van der Waals surface area (Å²) < 4.78 is 41.0. The maximum atomic E-state index is 11.9. The molecule has 1 amide bonds. The van der Waals surface area contributed by atoms with Crippen molar-refractivity contribution in [2.75, 3.05) is 0 Å². The van der Waals surface area contributed by atoms with Crippen molar-refractivity contribution in [1.82, 2.24) is 5.32 Å². The Balaban J connectivity index is 1.90. The number of carbonyl (C=O) groups is 1. The summed E-state index contributed by atoms with van der Waals surface area (Å²) in [5.41, 5.74) is 0. The summed E-state index contributed by atoms with van der Waals surface area (Å²) in [7, 11) is 0. The van der Waals surface area contributed by atoms with Gasteiger partial charge in [0.1, 0.15) is 0 Å². The van der Waals surface area contributed by atoms with E-state index in [4.69, 9.17) is 4.74 Å². The first kappa shape index (κ1) is 9.76. The Morgan fingerprint density at radius 2 is 2.07 bits per heavy atom. The summed E-state index contributed by atoms with van der Waals surface area (Å²) in [6.07, 6.45) is -2.82. The minimum absolute atomic E-state index is 0.0403. The van der Waals surface area contributed by atoms with Crippen LogP contribution in [-0.2, 0) is 9.53 Å². The van der Waals surface area contributed by atoms with E-state index >= 15 is 0 Å². The molecular formula is C8H10F3NO2. The Kier molecular flexibility index (Phi) is 2.17. The first-order valence-electron chi connectivity index (χ1n) is 4.50. The molecule has 3 atom stereocenters. The van der Waals surface area contributed by atoms with Crippen molar-refractivity contribution in [2.24, 2.45) is 0 Å². The summed E-state index contributed by atoms with van der Waals surface area (Å²) in [5, 5.41) is 1.96. The summed E-state index contributed by atoms with van der Waals surface area (Å²) in [4.78, 5) is 10.6. The molecule has 80 valence electrons. The molecule has 1 N–H and O–H groups in total. The quantitative estimate of drug-likeness (QED) is 0.699. The molecule has 2 bridgehead atoms. The van der Waals surface area contributed by atoms with Gasteiger partial charge >= 0.3 is 12.1 Å². The zero-order valence-corrected chi connectivity index (χ0v) is 7.30. The lowest BCUT2D eigenvalue weighted by Crippen LogP contribution is -2.47. The maximum absolute atomic E-state index is 11.9. The lowest BCUT2D eigenvalue weighted by Gasteiger charge is -2.20. The third-order valence-corrected chi connectivity index (χ3v) is 2.68. The normalized spacial score (nSPS) is 36.1. The third-order valence-electron chi connectivity index (χ3n) is 2.68. The van der Waals surface area contributed by atoms with Gasteiger partial charge in [-0.3, -0.25) is 4.79 Å². The second kappa shape index (κ2) is 3.12. The fourth-order valence-electron chi connectivity index (χ4n) is 2.04. The molecule has 2 heterocycles. The highest BCUT2D eigenvalue weighted by Crippen LogP contribution is 2.34. The standard InChI is InChI=1S/C8H10F3NO2/c9-8(10,11)7(13)12-5-3-4-1-2-6(5)14-4/h4-6H,1-3H2,(H,12,13). The average molecular weight is 209 g/mol. The number of carbonyl (C=O) groups excluding carboxylic acids is 1. The van der Waals surface area contributed by atoms with E-state index in [2.05, 4.69) is 0 Å². The molecule has 2 fully saturated rings. The van der Waals surface area contributed by atoms with E-state index in [9.17, 15) is 18.0 Å². The summed E-state index contributed by atoms with van der Waals surface area (Å²) in [6, 6.07) is -0.456. The van der Waals surface area contributed by atoms with Gasteiger partial charge in [-0.15, -0.1) is 0 Å². The van der Waals surface area contributed by atoms with Gasteiger partial charge in [-0.2, -0.15) is 13.2 Å². The second-order valence-electron chi connectivity index (χ2n) is 3.69. The summed E-state index contributed by atoms with van der Waals surface area (Å²) in [5.74, 6) is -1.86. The zero-order valence-electron chi connectivity index (χ0n) is 7.30. The fraction of sp³-hybridized carbons (Fsp3) is 0.875. The number of halogens is 3. The van der Waals surface area contributed by atoms with Crippen molar-refractivity contribution in [1.29, 1.82) is 0 Å². The monoisotopic (exact) mass is 209 g/mol. The number of fused-ring (bicyclic) bond motifs is 2. The van der Waals surface area contributed by atoms with Gasteiger partial charge in [0, 0.05) is 0 Å². The van der Waals surface area contributed by atoms with Crippen LogP contribution in [0.5, 0.6) is 0 Å².